The van der Waals surface area contributed by atoms with E-state index in [0.29, 0.717) is 10.6 Å². The van der Waals surface area contributed by atoms with Crippen molar-refractivity contribution < 1.29 is 23.0 Å². The van der Waals surface area contributed by atoms with Gasteiger partial charge in [0.1, 0.15) is 28.7 Å². The normalized spacial score (nSPS) is 11.0. The molecule has 5 nitrogen and oxygen atoms in total. The molecule has 4 rings (SSSR count). The second-order valence-electron chi connectivity index (χ2n) is 6.22. The average Bonchev–Trinajstić information content (AvgIpc) is 3.28. The maximum atomic E-state index is 13.5. The Labute approximate surface area is 169 Å². The highest BCUT2D eigenvalue weighted by atomic mass is 32.1. The summed E-state index contributed by atoms with van der Waals surface area (Å²) in [7, 11) is 0. The van der Waals surface area contributed by atoms with Crippen LogP contribution < -0.4 is 4.74 Å². The molecule has 0 saturated heterocycles. The number of rotatable bonds is 6. The van der Waals surface area contributed by atoms with Crippen LogP contribution in [0.3, 0.4) is 0 Å². The average molecular weight is 414 g/mol. The van der Waals surface area contributed by atoms with Gasteiger partial charge in [-0.2, -0.15) is 5.10 Å². The van der Waals surface area contributed by atoms with Crippen molar-refractivity contribution in [1.82, 2.24) is 9.78 Å². The van der Waals surface area contributed by atoms with Crippen LogP contribution in [-0.2, 0) is 4.74 Å². The molecule has 4 aromatic rings. The number of halogens is 2. The lowest BCUT2D eigenvalue weighted by atomic mass is 10.3. The van der Waals surface area contributed by atoms with Crippen LogP contribution >= 0.6 is 11.3 Å². The Morgan fingerprint density at radius 1 is 1.10 bits per heavy atom. The molecule has 0 atom stereocenters. The predicted octanol–water partition coefficient (Wildman–Crippen LogP) is 4.91. The van der Waals surface area contributed by atoms with E-state index in [4.69, 9.17) is 9.47 Å². The van der Waals surface area contributed by atoms with Crippen molar-refractivity contribution in [3.8, 4) is 11.4 Å². The molecular weight excluding hydrogens is 398 g/mol. The number of nitrogens with zero attached hydrogens (tertiary/aromatic N) is 2. The second kappa shape index (κ2) is 8.00. The van der Waals surface area contributed by atoms with Crippen molar-refractivity contribution in [2.75, 3.05) is 13.2 Å². The van der Waals surface area contributed by atoms with Crippen LogP contribution in [0.5, 0.6) is 5.75 Å². The fraction of sp³-hybridized carbons (Fsp3) is 0.143. The van der Waals surface area contributed by atoms with Crippen LogP contribution in [0.4, 0.5) is 8.78 Å². The molecule has 0 N–H and O–H groups in total. The number of carbonyl (C=O) groups is 1. The van der Waals surface area contributed by atoms with E-state index in [1.165, 1.54) is 35.6 Å². The lowest BCUT2D eigenvalue weighted by molar-refractivity contribution is 0.0454. The number of benzene rings is 2. The third-order valence-corrected chi connectivity index (χ3v) is 5.32. The number of fused-ring (bicyclic) bond motifs is 1. The van der Waals surface area contributed by atoms with Crippen LogP contribution in [0.25, 0.3) is 15.9 Å². The summed E-state index contributed by atoms with van der Waals surface area (Å²) in [6.07, 6.45) is 0. The van der Waals surface area contributed by atoms with Gasteiger partial charge in [-0.25, -0.2) is 18.3 Å². The highest BCUT2D eigenvalue weighted by molar-refractivity contribution is 7.20. The van der Waals surface area contributed by atoms with Crippen LogP contribution in [0.15, 0.2) is 54.6 Å². The summed E-state index contributed by atoms with van der Waals surface area (Å²) in [6, 6.07) is 13.7. The standard InChI is InChI=1S/C21H16F2N2O3S/c1-13-16-12-19(21(26)28-11-10-27-18-5-3-2-4-17(18)23)29-20(16)25(24-13)15-8-6-14(22)7-9-15/h2-9,12H,10-11H2,1H3. The van der Waals surface area contributed by atoms with E-state index < -0.39 is 11.8 Å². The van der Waals surface area contributed by atoms with Gasteiger partial charge < -0.3 is 9.47 Å². The number of para-hydroxylation sites is 1. The summed E-state index contributed by atoms with van der Waals surface area (Å²) in [5.41, 5.74) is 1.45. The van der Waals surface area contributed by atoms with Crippen LogP contribution in [-0.4, -0.2) is 29.0 Å². The van der Waals surface area contributed by atoms with Gasteiger partial charge in [-0.1, -0.05) is 12.1 Å². The quantitative estimate of drug-likeness (QED) is 0.332. The Bertz CT molecular complexity index is 1170. The molecule has 2 aromatic heterocycles. The number of ether oxygens (including phenoxy) is 2. The molecule has 2 aromatic carbocycles. The molecule has 0 saturated carbocycles. The number of thiophene rings is 1. The molecule has 0 fully saturated rings. The molecule has 148 valence electrons. The molecule has 0 unspecified atom stereocenters. The molecule has 0 radical (unpaired) electrons. The smallest absolute Gasteiger partial charge is 0.348 e. The number of hydrogen-bond donors (Lipinski definition) is 0. The zero-order valence-electron chi connectivity index (χ0n) is 15.4. The first-order valence-electron chi connectivity index (χ1n) is 8.82. The molecule has 0 amide bonds. The van der Waals surface area contributed by atoms with Crippen LogP contribution in [0.1, 0.15) is 15.4 Å². The van der Waals surface area contributed by atoms with Gasteiger partial charge in [0.25, 0.3) is 0 Å². The summed E-state index contributed by atoms with van der Waals surface area (Å²) in [6.45, 7) is 1.87. The zero-order chi connectivity index (χ0) is 20.4. The SMILES string of the molecule is Cc1nn(-c2ccc(F)cc2)c2sc(C(=O)OCCOc3ccccc3F)cc12. The van der Waals surface area contributed by atoms with Gasteiger partial charge in [0, 0.05) is 5.39 Å². The largest absolute Gasteiger partial charge is 0.487 e. The molecule has 8 heteroatoms. The molecule has 29 heavy (non-hydrogen) atoms. The molecule has 0 aliphatic heterocycles. The van der Waals surface area contributed by atoms with Crippen LogP contribution in [0, 0.1) is 18.6 Å². The zero-order valence-corrected chi connectivity index (χ0v) is 16.2. The third kappa shape index (κ3) is 3.97. The number of esters is 1. The molecule has 0 spiro atoms. The maximum Gasteiger partial charge on any atom is 0.348 e. The fourth-order valence-electron chi connectivity index (χ4n) is 2.82. The first kappa shape index (κ1) is 19.1. The molecule has 0 aliphatic rings. The van der Waals surface area contributed by atoms with Crippen molar-refractivity contribution >= 4 is 27.5 Å². The monoisotopic (exact) mass is 414 g/mol. The van der Waals surface area contributed by atoms with E-state index in [-0.39, 0.29) is 24.8 Å². The molecule has 2 heterocycles. The van der Waals surface area contributed by atoms with Crippen molar-refractivity contribution in [1.29, 1.82) is 0 Å². The fourth-order valence-corrected chi connectivity index (χ4v) is 3.90. The number of hydrogen-bond acceptors (Lipinski definition) is 5. The van der Waals surface area contributed by atoms with Crippen molar-refractivity contribution in [2.24, 2.45) is 0 Å². The Hall–Kier alpha value is -3.26. The van der Waals surface area contributed by atoms with Crippen molar-refractivity contribution in [3.63, 3.8) is 0 Å². The van der Waals surface area contributed by atoms with Gasteiger partial charge in [-0.3, -0.25) is 0 Å². The molecular formula is C21H16F2N2O3S. The topological polar surface area (TPSA) is 53.4 Å². The Morgan fingerprint density at radius 2 is 1.86 bits per heavy atom. The summed E-state index contributed by atoms with van der Waals surface area (Å²) < 4.78 is 38.9. The maximum absolute atomic E-state index is 13.5. The number of aromatic nitrogens is 2. The molecule has 0 bridgehead atoms. The highest BCUT2D eigenvalue weighted by Gasteiger charge is 2.18. The van der Waals surface area contributed by atoms with E-state index in [9.17, 15) is 13.6 Å². The van der Waals surface area contributed by atoms with Gasteiger partial charge >= 0.3 is 5.97 Å². The third-order valence-electron chi connectivity index (χ3n) is 4.23. The van der Waals surface area contributed by atoms with Crippen molar-refractivity contribution in [3.05, 3.63) is 76.8 Å². The van der Waals surface area contributed by atoms with Gasteiger partial charge in [0.05, 0.1) is 11.4 Å². The summed E-state index contributed by atoms with van der Waals surface area (Å²) in [4.78, 5) is 13.6. The lowest BCUT2D eigenvalue weighted by Crippen LogP contribution is -2.12. The first-order valence-corrected chi connectivity index (χ1v) is 9.64. The first-order chi connectivity index (χ1) is 14.0. The summed E-state index contributed by atoms with van der Waals surface area (Å²) >= 11 is 1.24. The van der Waals surface area contributed by atoms with Gasteiger partial charge in [0.2, 0.25) is 0 Å². The summed E-state index contributed by atoms with van der Waals surface area (Å²) in [5, 5.41) is 5.29. The van der Waals surface area contributed by atoms with E-state index in [1.807, 2.05) is 6.92 Å². The number of aryl methyl sites for hydroxylation is 1. The number of carbonyl (C=O) groups excluding carboxylic acids is 1. The van der Waals surface area contributed by atoms with Gasteiger partial charge in [-0.05, 0) is 49.4 Å². The molecule has 0 aliphatic carbocycles. The summed E-state index contributed by atoms with van der Waals surface area (Å²) in [5.74, 6) is -1.18. The van der Waals surface area contributed by atoms with E-state index in [0.717, 1.165) is 15.9 Å². The minimum atomic E-state index is -0.492. The highest BCUT2D eigenvalue weighted by Crippen LogP contribution is 2.30. The van der Waals surface area contributed by atoms with Crippen molar-refractivity contribution in [2.45, 2.75) is 6.92 Å². The van der Waals surface area contributed by atoms with Gasteiger partial charge in [-0.15, -0.1) is 11.3 Å². The second-order valence-corrected chi connectivity index (χ2v) is 7.25. The van der Waals surface area contributed by atoms with E-state index in [2.05, 4.69) is 5.10 Å². The van der Waals surface area contributed by atoms with Crippen LogP contribution in [0.2, 0.25) is 0 Å². The Morgan fingerprint density at radius 3 is 2.62 bits per heavy atom. The lowest BCUT2D eigenvalue weighted by Gasteiger charge is -2.07. The minimum Gasteiger partial charge on any atom is -0.487 e. The minimum absolute atomic E-state index is 0.00944. The predicted molar refractivity (Wildman–Crippen MR) is 106 cm³/mol. The van der Waals surface area contributed by atoms with Gasteiger partial charge in [0.15, 0.2) is 11.6 Å². The van der Waals surface area contributed by atoms with E-state index >= 15 is 0 Å². The van der Waals surface area contributed by atoms with E-state index in [1.54, 1.807) is 35.0 Å². The Balaban J connectivity index is 1.45. The Kier molecular flexibility index (Phi) is 5.26.